The molecule has 0 bridgehead atoms. The van der Waals surface area contributed by atoms with Gasteiger partial charge >= 0.3 is 0 Å². The number of hydrogen-bond donors (Lipinski definition) is 1. The highest BCUT2D eigenvalue weighted by atomic mass is 32.2. The number of nitrogen functional groups attached to an aromatic ring is 1. The summed E-state index contributed by atoms with van der Waals surface area (Å²) in [5.41, 5.74) is 8.44. The van der Waals surface area contributed by atoms with Crippen LogP contribution in [-0.2, 0) is 16.6 Å². The highest BCUT2D eigenvalue weighted by molar-refractivity contribution is 7.89. The van der Waals surface area contributed by atoms with Gasteiger partial charge < -0.3 is 5.73 Å². The molecule has 2 N–H and O–H groups in total. The lowest BCUT2D eigenvalue weighted by Gasteiger charge is -2.18. The molecule has 0 spiro atoms. The normalized spacial score (nSPS) is 11.8. The fourth-order valence-electron chi connectivity index (χ4n) is 2.13. The number of rotatable bonds is 4. The Bertz CT molecular complexity index is 757. The van der Waals surface area contributed by atoms with Crippen LogP contribution in [0.25, 0.3) is 0 Å². The number of pyridine rings is 1. The van der Waals surface area contributed by atoms with Crippen molar-refractivity contribution in [2.24, 2.45) is 0 Å². The van der Waals surface area contributed by atoms with Gasteiger partial charge in [-0.15, -0.1) is 0 Å². The summed E-state index contributed by atoms with van der Waals surface area (Å²) in [6, 6.07) is 10.4. The van der Waals surface area contributed by atoms with Crippen LogP contribution in [-0.4, -0.2) is 24.8 Å². The predicted octanol–water partition coefficient (Wildman–Crippen LogP) is 2.10. The number of aromatic nitrogens is 1. The first kappa shape index (κ1) is 15.5. The number of benzene rings is 1. The standard InChI is InChI=1S/C15H19N3O2S/c1-11-9-13(16)7-8-15(11)21(19,20)18(3)10-14-6-4-5-12(2)17-14/h4-9H,10,16H2,1-3H3. The molecule has 0 saturated carbocycles. The highest BCUT2D eigenvalue weighted by Gasteiger charge is 2.23. The van der Waals surface area contributed by atoms with Crippen LogP contribution in [0.15, 0.2) is 41.3 Å². The number of nitrogens with two attached hydrogens (primary N) is 1. The Kier molecular flexibility index (Phi) is 4.29. The van der Waals surface area contributed by atoms with Crippen LogP contribution in [0.5, 0.6) is 0 Å². The van der Waals surface area contributed by atoms with Gasteiger partial charge in [0.15, 0.2) is 0 Å². The van der Waals surface area contributed by atoms with E-state index in [2.05, 4.69) is 4.98 Å². The van der Waals surface area contributed by atoms with Crippen molar-refractivity contribution in [2.75, 3.05) is 12.8 Å². The van der Waals surface area contributed by atoms with E-state index in [9.17, 15) is 8.42 Å². The molecule has 0 amide bonds. The monoisotopic (exact) mass is 305 g/mol. The fraction of sp³-hybridized carbons (Fsp3) is 0.267. The summed E-state index contributed by atoms with van der Waals surface area (Å²) in [4.78, 5) is 4.60. The molecule has 0 atom stereocenters. The first-order valence-electron chi connectivity index (χ1n) is 6.55. The summed E-state index contributed by atoms with van der Waals surface area (Å²) < 4.78 is 26.5. The van der Waals surface area contributed by atoms with E-state index in [0.29, 0.717) is 16.9 Å². The molecule has 0 radical (unpaired) electrons. The maximum Gasteiger partial charge on any atom is 0.243 e. The minimum absolute atomic E-state index is 0.230. The van der Waals surface area contributed by atoms with Crippen LogP contribution in [0, 0.1) is 13.8 Å². The van der Waals surface area contributed by atoms with E-state index < -0.39 is 10.0 Å². The predicted molar refractivity (Wildman–Crippen MR) is 83.2 cm³/mol. The van der Waals surface area contributed by atoms with Gasteiger partial charge in [0.1, 0.15) is 0 Å². The Morgan fingerprint density at radius 1 is 1.19 bits per heavy atom. The van der Waals surface area contributed by atoms with Crippen molar-refractivity contribution in [3.8, 4) is 0 Å². The van der Waals surface area contributed by atoms with Gasteiger partial charge in [0, 0.05) is 18.4 Å². The smallest absolute Gasteiger partial charge is 0.243 e. The molecular formula is C15H19N3O2S. The van der Waals surface area contributed by atoms with Crippen LogP contribution in [0.2, 0.25) is 0 Å². The lowest BCUT2D eigenvalue weighted by Crippen LogP contribution is -2.27. The van der Waals surface area contributed by atoms with Crippen LogP contribution in [0.4, 0.5) is 5.69 Å². The second-order valence-corrected chi connectivity index (χ2v) is 7.07. The second kappa shape index (κ2) is 5.83. The molecule has 0 aliphatic rings. The average Bonchev–Trinajstić information content (AvgIpc) is 2.38. The highest BCUT2D eigenvalue weighted by Crippen LogP contribution is 2.22. The number of anilines is 1. The van der Waals surface area contributed by atoms with E-state index in [1.54, 1.807) is 32.2 Å². The lowest BCUT2D eigenvalue weighted by molar-refractivity contribution is 0.461. The van der Waals surface area contributed by atoms with Gasteiger partial charge in [-0.2, -0.15) is 4.31 Å². The third-order valence-corrected chi connectivity index (χ3v) is 5.18. The van der Waals surface area contributed by atoms with Crippen molar-refractivity contribution >= 4 is 15.7 Å². The molecule has 5 nitrogen and oxygen atoms in total. The molecule has 2 rings (SSSR count). The SMILES string of the molecule is Cc1cccc(CN(C)S(=O)(=O)c2ccc(N)cc2C)n1. The molecule has 0 aliphatic heterocycles. The summed E-state index contributed by atoms with van der Waals surface area (Å²) >= 11 is 0. The van der Waals surface area contributed by atoms with Crippen molar-refractivity contribution in [3.05, 3.63) is 53.3 Å². The Morgan fingerprint density at radius 3 is 2.52 bits per heavy atom. The number of aryl methyl sites for hydroxylation is 2. The summed E-state index contributed by atoms with van der Waals surface area (Å²) in [5, 5.41) is 0. The Labute approximate surface area is 125 Å². The summed E-state index contributed by atoms with van der Waals surface area (Å²) in [6.07, 6.45) is 0. The zero-order chi connectivity index (χ0) is 15.6. The van der Waals surface area contributed by atoms with E-state index in [0.717, 1.165) is 5.69 Å². The molecule has 2 aromatic rings. The fourth-order valence-corrected chi connectivity index (χ4v) is 3.47. The molecule has 1 aromatic heterocycles. The molecule has 21 heavy (non-hydrogen) atoms. The van der Waals surface area contributed by atoms with Crippen molar-refractivity contribution in [1.82, 2.24) is 9.29 Å². The molecule has 1 heterocycles. The zero-order valence-corrected chi connectivity index (χ0v) is 13.2. The molecule has 0 fully saturated rings. The lowest BCUT2D eigenvalue weighted by atomic mass is 10.2. The van der Waals surface area contributed by atoms with Gasteiger partial charge in [-0.25, -0.2) is 8.42 Å². The van der Waals surface area contributed by atoms with Crippen LogP contribution in [0.1, 0.15) is 17.0 Å². The zero-order valence-electron chi connectivity index (χ0n) is 12.4. The van der Waals surface area contributed by atoms with Crippen LogP contribution < -0.4 is 5.73 Å². The van der Waals surface area contributed by atoms with Gasteiger partial charge in [-0.3, -0.25) is 4.98 Å². The van der Waals surface area contributed by atoms with Crippen molar-refractivity contribution in [1.29, 1.82) is 0 Å². The van der Waals surface area contributed by atoms with E-state index >= 15 is 0 Å². The Hall–Kier alpha value is -1.92. The van der Waals surface area contributed by atoms with Gasteiger partial charge in [0.05, 0.1) is 17.1 Å². The molecular weight excluding hydrogens is 286 g/mol. The minimum Gasteiger partial charge on any atom is -0.399 e. The van der Waals surface area contributed by atoms with E-state index in [1.165, 1.54) is 4.31 Å². The van der Waals surface area contributed by atoms with Crippen LogP contribution in [0.3, 0.4) is 0 Å². The van der Waals surface area contributed by atoms with Crippen molar-refractivity contribution in [2.45, 2.75) is 25.3 Å². The van der Waals surface area contributed by atoms with Crippen LogP contribution >= 0.6 is 0 Å². The molecule has 1 aromatic carbocycles. The summed E-state index contributed by atoms with van der Waals surface area (Å²) in [6.45, 7) is 3.85. The molecule has 0 saturated heterocycles. The van der Waals surface area contributed by atoms with Crippen molar-refractivity contribution in [3.63, 3.8) is 0 Å². The van der Waals surface area contributed by atoms with Crippen molar-refractivity contribution < 1.29 is 8.42 Å². The third kappa shape index (κ3) is 3.40. The number of sulfonamides is 1. The largest absolute Gasteiger partial charge is 0.399 e. The molecule has 112 valence electrons. The first-order chi connectivity index (χ1) is 9.80. The topological polar surface area (TPSA) is 76.3 Å². The second-order valence-electron chi connectivity index (χ2n) is 5.06. The first-order valence-corrected chi connectivity index (χ1v) is 8.00. The van der Waals surface area contributed by atoms with Gasteiger partial charge in [0.25, 0.3) is 0 Å². The number of hydrogen-bond acceptors (Lipinski definition) is 4. The molecule has 0 unspecified atom stereocenters. The van der Waals surface area contributed by atoms with E-state index in [1.807, 2.05) is 25.1 Å². The maximum atomic E-state index is 12.6. The van der Waals surface area contributed by atoms with Gasteiger partial charge in [-0.1, -0.05) is 6.07 Å². The van der Waals surface area contributed by atoms with Gasteiger partial charge in [-0.05, 0) is 49.7 Å². The van der Waals surface area contributed by atoms with E-state index in [-0.39, 0.29) is 11.4 Å². The minimum atomic E-state index is -3.56. The average molecular weight is 305 g/mol. The summed E-state index contributed by atoms with van der Waals surface area (Å²) in [7, 11) is -2.01. The van der Waals surface area contributed by atoms with Gasteiger partial charge in [0.2, 0.25) is 10.0 Å². The summed E-state index contributed by atoms with van der Waals surface area (Å²) in [5.74, 6) is 0. The molecule has 6 heteroatoms. The Balaban J connectivity index is 2.30. The molecule has 0 aliphatic carbocycles. The number of nitrogens with zero attached hydrogens (tertiary/aromatic N) is 2. The quantitative estimate of drug-likeness (QED) is 0.878. The van der Waals surface area contributed by atoms with E-state index in [4.69, 9.17) is 5.73 Å². The maximum absolute atomic E-state index is 12.6. The Morgan fingerprint density at radius 2 is 1.90 bits per heavy atom. The third-order valence-electron chi connectivity index (χ3n) is 3.22.